The molecule has 0 aliphatic heterocycles. The van der Waals surface area contributed by atoms with E-state index in [1.165, 1.54) is 12.1 Å². The first kappa shape index (κ1) is 18.1. The van der Waals surface area contributed by atoms with Crippen molar-refractivity contribution in [3.05, 3.63) is 75.8 Å². The van der Waals surface area contributed by atoms with Crippen molar-refractivity contribution in [3.63, 3.8) is 0 Å². The number of amides is 1. The molecule has 3 aromatic rings. The van der Waals surface area contributed by atoms with Gasteiger partial charge in [0, 0.05) is 10.6 Å². The summed E-state index contributed by atoms with van der Waals surface area (Å²) in [6.45, 7) is 5.72. The number of hydrogen-bond donors (Lipinski definition) is 1. The number of rotatable bonds is 4. The maximum absolute atomic E-state index is 13.9. The Bertz CT molecular complexity index is 944. The number of halogens is 2. The molecule has 0 radical (unpaired) electrons. The fourth-order valence-corrected chi connectivity index (χ4v) is 3.04. The molecule has 1 amide bonds. The van der Waals surface area contributed by atoms with Crippen LogP contribution in [0.4, 0.5) is 10.1 Å². The van der Waals surface area contributed by atoms with E-state index in [0.717, 1.165) is 16.9 Å². The zero-order valence-electron chi connectivity index (χ0n) is 14.8. The molecule has 134 valence electrons. The number of carbonyl (C=O) groups is 1. The number of nitrogens with zero attached hydrogens (tertiary/aromatic N) is 2. The van der Waals surface area contributed by atoms with E-state index in [1.54, 1.807) is 10.7 Å². The van der Waals surface area contributed by atoms with E-state index in [0.29, 0.717) is 11.4 Å². The Morgan fingerprint density at radius 3 is 2.50 bits per heavy atom. The summed E-state index contributed by atoms with van der Waals surface area (Å²) in [5.74, 6) is -0.830. The van der Waals surface area contributed by atoms with E-state index < -0.39 is 5.82 Å². The van der Waals surface area contributed by atoms with Gasteiger partial charge in [0.05, 0.1) is 29.2 Å². The predicted molar refractivity (Wildman–Crippen MR) is 102 cm³/mol. The molecule has 0 atom stereocenters. The smallest absolute Gasteiger partial charge is 0.229 e. The van der Waals surface area contributed by atoms with Gasteiger partial charge in [0.15, 0.2) is 0 Å². The molecular formula is C20H19ClFN3O. The maximum atomic E-state index is 13.9. The van der Waals surface area contributed by atoms with Crippen LogP contribution in [-0.4, -0.2) is 15.7 Å². The minimum absolute atomic E-state index is 0.139. The van der Waals surface area contributed by atoms with E-state index in [1.807, 2.05) is 45.0 Å². The van der Waals surface area contributed by atoms with Gasteiger partial charge in [-0.05, 0) is 45.0 Å². The van der Waals surface area contributed by atoms with Crippen molar-refractivity contribution in [3.8, 4) is 5.69 Å². The standard InChI is InChI=1S/C20H19ClFN3O/c1-12-7-9-15(10-8-12)25-14(3)20(13(2)24-25)23-19(26)11-16-17(21)5-4-6-18(16)22/h4-10H,11H2,1-3H3,(H,23,26). The van der Waals surface area contributed by atoms with Gasteiger partial charge in [0.2, 0.25) is 5.91 Å². The second-order valence-corrected chi connectivity index (χ2v) is 6.63. The number of benzene rings is 2. The number of nitrogens with one attached hydrogen (secondary N) is 1. The first-order chi connectivity index (χ1) is 12.4. The van der Waals surface area contributed by atoms with E-state index in [2.05, 4.69) is 10.4 Å². The second kappa shape index (κ2) is 7.30. The first-order valence-electron chi connectivity index (χ1n) is 8.23. The van der Waals surface area contributed by atoms with Crippen molar-refractivity contribution >= 4 is 23.2 Å². The van der Waals surface area contributed by atoms with Crippen LogP contribution in [0.25, 0.3) is 5.69 Å². The van der Waals surface area contributed by atoms with Gasteiger partial charge in [0.1, 0.15) is 5.82 Å². The zero-order valence-corrected chi connectivity index (χ0v) is 15.6. The average Bonchev–Trinajstić information content (AvgIpc) is 2.87. The third-order valence-electron chi connectivity index (χ3n) is 4.23. The molecule has 0 aliphatic carbocycles. The molecule has 0 aliphatic rings. The van der Waals surface area contributed by atoms with Gasteiger partial charge in [-0.1, -0.05) is 35.4 Å². The van der Waals surface area contributed by atoms with Crippen molar-refractivity contribution in [2.24, 2.45) is 0 Å². The molecular weight excluding hydrogens is 353 g/mol. The van der Waals surface area contributed by atoms with Gasteiger partial charge in [0.25, 0.3) is 0 Å². The van der Waals surface area contributed by atoms with Crippen LogP contribution in [-0.2, 0) is 11.2 Å². The quantitative estimate of drug-likeness (QED) is 0.718. The maximum Gasteiger partial charge on any atom is 0.229 e. The Balaban J connectivity index is 1.84. The molecule has 6 heteroatoms. The molecule has 1 N–H and O–H groups in total. The first-order valence-corrected chi connectivity index (χ1v) is 8.60. The molecule has 2 aromatic carbocycles. The fourth-order valence-electron chi connectivity index (χ4n) is 2.81. The Labute approximate surface area is 156 Å². The van der Waals surface area contributed by atoms with Crippen molar-refractivity contribution in [1.82, 2.24) is 9.78 Å². The summed E-state index contributed by atoms with van der Waals surface area (Å²) in [4.78, 5) is 12.4. The summed E-state index contributed by atoms with van der Waals surface area (Å²) in [7, 11) is 0. The molecule has 0 saturated carbocycles. The van der Waals surface area contributed by atoms with Gasteiger partial charge in [-0.25, -0.2) is 9.07 Å². The number of aromatic nitrogens is 2. The van der Waals surface area contributed by atoms with Crippen molar-refractivity contribution in [2.45, 2.75) is 27.2 Å². The highest BCUT2D eigenvalue weighted by Crippen LogP contribution is 2.24. The molecule has 4 nitrogen and oxygen atoms in total. The van der Waals surface area contributed by atoms with Crippen LogP contribution in [0.15, 0.2) is 42.5 Å². The van der Waals surface area contributed by atoms with Crippen molar-refractivity contribution in [2.75, 3.05) is 5.32 Å². The van der Waals surface area contributed by atoms with Crippen LogP contribution in [0, 0.1) is 26.6 Å². The summed E-state index contributed by atoms with van der Waals surface area (Å²) in [5, 5.41) is 7.58. The minimum atomic E-state index is -0.489. The second-order valence-electron chi connectivity index (χ2n) is 6.22. The summed E-state index contributed by atoms with van der Waals surface area (Å²) >= 11 is 6.00. The van der Waals surface area contributed by atoms with Crippen LogP contribution in [0.2, 0.25) is 5.02 Å². The van der Waals surface area contributed by atoms with E-state index in [9.17, 15) is 9.18 Å². The Morgan fingerprint density at radius 1 is 1.15 bits per heavy atom. The lowest BCUT2D eigenvalue weighted by Crippen LogP contribution is -2.16. The molecule has 0 saturated heterocycles. The van der Waals surface area contributed by atoms with Gasteiger partial charge >= 0.3 is 0 Å². The highest BCUT2D eigenvalue weighted by molar-refractivity contribution is 6.31. The van der Waals surface area contributed by atoms with Crippen LogP contribution in [0.1, 0.15) is 22.5 Å². The topological polar surface area (TPSA) is 46.9 Å². The lowest BCUT2D eigenvalue weighted by molar-refractivity contribution is -0.115. The Hall–Kier alpha value is -2.66. The molecule has 3 rings (SSSR count). The molecule has 0 bridgehead atoms. The van der Waals surface area contributed by atoms with Gasteiger partial charge in [-0.2, -0.15) is 5.10 Å². The number of hydrogen-bond acceptors (Lipinski definition) is 2. The molecule has 0 fully saturated rings. The normalized spacial score (nSPS) is 10.8. The van der Waals surface area contributed by atoms with Crippen molar-refractivity contribution in [1.29, 1.82) is 0 Å². The Morgan fingerprint density at radius 2 is 1.85 bits per heavy atom. The van der Waals surface area contributed by atoms with Crippen LogP contribution in [0.5, 0.6) is 0 Å². The number of aryl methyl sites for hydroxylation is 2. The third kappa shape index (κ3) is 3.63. The third-order valence-corrected chi connectivity index (χ3v) is 4.59. The zero-order chi connectivity index (χ0) is 18.8. The highest BCUT2D eigenvalue weighted by atomic mass is 35.5. The van der Waals surface area contributed by atoms with Gasteiger partial charge < -0.3 is 5.32 Å². The largest absolute Gasteiger partial charge is 0.323 e. The molecule has 1 heterocycles. The lowest BCUT2D eigenvalue weighted by Gasteiger charge is -2.09. The van der Waals surface area contributed by atoms with Crippen LogP contribution < -0.4 is 5.32 Å². The van der Waals surface area contributed by atoms with E-state index in [-0.39, 0.29) is 22.9 Å². The molecule has 26 heavy (non-hydrogen) atoms. The SMILES string of the molecule is Cc1ccc(-n2nc(C)c(NC(=O)Cc3c(F)cccc3Cl)c2C)cc1. The summed E-state index contributed by atoms with van der Waals surface area (Å²) < 4.78 is 15.7. The molecule has 0 unspecified atom stereocenters. The van der Waals surface area contributed by atoms with E-state index in [4.69, 9.17) is 11.6 Å². The number of anilines is 1. The monoisotopic (exact) mass is 371 g/mol. The minimum Gasteiger partial charge on any atom is -0.323 e. The molecule has 1 aromatic heterocycles. The van der Waals surface area contributed by atoms with Crippen LogP contribution in [0.3, 0.4) is 0 Å². The van der Waals surface area contributed by atoms with E-state index >= 15 is 0 Å². The summed E-state index contributed by atoms with van der Waals surface area (Å²) in [5.41, 5.74) is 4.38. The predicted octanol–water partition coefficient (Wildman–Crippen LogP) is 4.77. The average molecular weight is 372 g/mol. The van der Waals surface area contributed by atoms with Crippen LogP contribution >= 0.6 is 11.6 Å². The fraction of sp³-hybridized carbons (Fsp3) is 0.200. The van der Waals surface area contributed by atoms with Gasteiger partial charge in [-0.3, -0.25) is 4.79 Å². The molecule has 0 spiro atoms. The Kier molecular flexibility index (Phi) is 5.09. The lowest BCUT2D eigenvalue weighted by atomic mass is 10.1. The highest BCUT2D eigenvalue weighted by Gasteiger charge is 2.17. The summed E-state index contributed by atoms with van der Waals surface area (Å²) in [6, 6.07) is 12.3. The van der Waals surface area contributed by atoms with Crippen molar-refractivity contribution < 1.29 is 9.18 Å². The number of carbonyl (C=O) groups excluding carboxylic acids is 1. The summed E-state index contributed by atoms with van der Waals surface area (Å²) in [6.07, 6.45) is -0.139. The van der Waals surface area contributed by atoms with Gasteiger partial charge in [-0.15, -0.1) is 0 Å².